The third-order valence-electron chi connectivity index (χ3n) is 0.997. The van der Waals surface area contributed by atoms with Gasteiger partial charge >= 0.3 is 16.5 Å². The second kappa shape index (κ2) is 12.6. The lowest BCUT2D eigenvalue weighted by molar-refractivity contribution is 0.403. The highest BCUT2D eigenvalue weighted by Crippen LogP contribution is 2.00. The van der Waals surface area contributed by atoms with Gasteiger partial charge in [0.15, 0.2) is 0 Å². The minimum absolute atomic E-state index is 0.612. The standard InChI is InChI=1S/C7H7Cl.2HO3P/c8-6-7-4-2-1-3-5-7;2*1-4(2)3/h1-5H,6H2;2*(H-,1,2,3)/p+2. The van der Waals surface area contributed by atoms with Crippen LogP contribution in [0, 0.1) is 0 Å². The second-order valence-corrected chi connectivity index (χ2v) is 3.40. The summed E-state index contributed by atoms with van der Waals surface area (Å²) in [5.41, 5.74) is 1.18. The number of halogens is 1. The molecule has 1 rings (SSSR count). The highest BCUT2D eigenvalue weighted by Gasteiger charge is 1.93. The van der Waals surface area contributed by atoms with Crippen molar-refractivity contribution in [3.05, 3.63) is 35.9 Å². The largest absolute Gasteiger partial charge is 0.692 e. The Morgan fingerprint density at radius 1 is 0.938 bits per heavy atom. The van der Waals surface area contributed by atoms with E-state index in [2.05, 4.69) is 0 Å². The zero-order valence-electron chi connectivity index (χ0n) is 7.97. The van der Waals surface area contributed by atoms with E-state index in [4.69, 9.17) is 40.3 Å². The normalized spacial score (nSPS) is 7.81. The lowest BCUT2D eigenvalue weighted by atomic mass is 10.2. The van der Waals surface area contributed by atoms with Gasteiger partial charge in [0.2, 0.25) is 0 Å². The van der Waals surface area contributed by atoms with Crippen LogP contribution in [0.25, 0.3) is 0 Å². The number of hydrogen-bond acceptors (Lipinski definition) is 2. The maximum absolute atomic E-state index is 8.70. The smallest absolute Gasteiger partial charge is 0.134 e. The van der Waals surface area contributed by atoms with Gasteiger partial charge in [0, 0.05) is 15.0 Å². The number of benzene rings is 1. The molecule has 0 atom stereocenters. The summed E-state index contributed by atoms with van der Waals surface area (Å²) in [4.78, 5) is 28.5. The van der Waals surface area contributed by atoms with Gasteiger partial charge in [-0.25, -0.2) is 0 Å². The Bertz CT molecular complexity index is 287. The van der Waals surface area contributed by atoms with Crippen LogP contribution < -0.4 is 0 Å². The molecular weight excluding hydrogens is 277 g/mol. The Balaban J connectivity index is 0. The highest BCUT2D eigenvalue weighted by atomic mass is 35.5. The van der Waals surface area contributed by atoms with Gasteiger partial charge in [-0.2, -0.15) is 0 Å². The van der Waals surface area contributed by atoms with E-state index in [1.165, 1.54) is 5.56 Å². The van der Waals surface area contributed by atoms with Crippen LogP contribution in [0.3, 0.4) is 0 Å². The topological polar surface area (TPSA) is 115 Å². The van der Waals surface area contributed by atoms with Crippen LogP contribution in [-0.2, 0) is 15.0 Å². The van der Waals surface area contributed by atoms with Crippen molar-refractivity contribution in [1.82, 2.24) is 0 Å². The molecule has 0 heterocycles. The number of rotatable bonds is 1. The summed E-state index contributed by atoms with van der Waals surface area (Å²) in [5.74, 6) is 0.612. The minimum atomic E-state index is -2.87. The minimum Gasteiger partial charge on any atom is -0.134 e. The van der Waals surface area contributed by atoms with Crippen LogP contribution in [0.1, 0.15) is 5.56 Å². The van der Waals surface area contributed by atoms with E-state index in [0.29, 0.717) is 5.88 Å². The summed E-state index contributed by atoms with van der Waals surface area (Å²) in [6, 6.07) is 9.96. The first-order valence-electron chi connectivity index (χ1n) is 3.70. The molecule has 0 aliphatic heterocycles. The molecule has 9 heteroatoms. The van der Waals surface area contributed by atoms with Gasteiger partial charge in [0.05, 0.1) is 0 Å². The molecule has 0 fully saturated rings. The SMILES string of the molecule is ClCc1ccccc1.O=[P+](O)O.O=[P+](O)O. The maximum atomic E-state index is 8.70. The quantitative estimate of drug-likeness (QED) is 0.462. The summed E-state index contributed by atoms with van der Waals surface area (Å²) >= 11 is 5.53. The molecule has 90 valence electrons. The molecule has 0 bridgehead atoms. The van der Waals surface area contributed by atoms with E-state index in [9.17, 15) is 0 Å². The first-order chi connectivity index (χ1) is 7.40. The number of hydrogen-bond donors (Lipinski definition) is 4. The summed E-state index contributed by atoms with van der Waals surface area (Å²) in [6.45, 7) is 0. The average Bonchev–Trinajstić information content (AvgIpc) is 2.17. The lowest BCUT2D eigenvalue weighted by Gasteiger charge is -1.88. The van der Waals surface area contributed by atoms with Crippen molar-refractivity contribution < 1.29 is 28.7 Å². The van der Waals surface area contributed by atoms with Crippen LogP contribution in [-0.4, -0.2) is 19.6 Å². The Morgan fingerprint density at radius 3 is 1.44 bits per heavy atom. The van der Waals surface area contributed by atoms with Gasteiger partial charge in [0.1, 0.15) is 0 Å². The van der Waals surface area contributed by atoms with Crippen molar-refractivity contribution in [1.29, 1.82) is 0 Å². The van der Waals surface area contributed by atoms with Crippen molar-refractivity contribution in [2.45, 2.75) is 5.88 Å². The highest BCUT2D eigenvalue weighted by molar-refractivity contribution is 7.31. The molecule has 16 heavy (non-hydrogen) atoms. The average molecular weight is 289 g/mol. The molecule has 0 unspecified atom stereocenters. The van der Waals surface area contributed by atoms with Crippen LogP contribution in [0.15, 0.2) is 30.3 Å². The molecule has 0 aliphatic rings. The van der Waals surface area contributed by atoms with Crippen LogP contribution in [0.2, 0.25) is 0 Å². The summed E-state index contributed by atoms with van der Waals surface area (Å²) in [5, 5.41) is 0. The van der Waals surface area contributed by atoms with Crippen molar-refractivity contribution in [2.75, 3.05) is 0 Å². The van der Waals surface area contributed by atoms with E-state index in [1.54, 1.807) is 0 Å². The van der Waals surface area contributed by atoms with Crippen molar-refractivity contribution in [3.63, 3.8) is 0 Å². The Kier molecular flexibility index (Phi) is 14.1. The van der Waals surface area contributed by atoms with Crippen molar-refractivity contribution >= 4 is 28.1 Å². The zero-order chi connectivity index (χ0) is 13.0. The van der Waals surface area contributed by atoms with Gasteiger partial charge < -0.3 is 0 Å². The molecule has 0 saturated heterocycles. The van der Waals surface area contributed by atoms with Crippen molar-refractivity contribution in [3.8, 4) is 0 Å². The van der Waals surface area contributed by atoms with E-state index >= 15 is 0 Å². The first-order valence-corrected chi connectivity index (χ1v) is 6.56. The lowest BCUT2D eigenvalue weighted by Crippen LogP contribution is -1.71. The second-order valence-electron chi connectivity index (χ2n) is 2.12. The molecule has 0 saturated carbocycles. The van der Waals surface area contributed by atoms with Gasteiger partial charge in [0.25, 0.3) is 0 Å². The van der Waals surface area contributed by atoms with Gasteiger partial charge in [-0.1, -0.05) is 30.3 Å². The van der Waals surface area contributed by atoms with Gasteiger partial charge in [-0.05, 0) is 5.56 Å². The molecule has 0 radical (unpaired) electrons. The summed E-state index contributed by atoms with van der Waals surface area (Å²) in [6.07, 6.45) is 0. The predicted molar refractivity (Wildman–Crippen MR) is 60.1 cm³/mol. The monoisotopic (exact) mass is 288 g/mol. The molecular formula is C7H11ClO6P2+2. The fourth-order valence-electron chi connectivity index (χ4n) is 0.567. The van der Waals surface area contributed by atoms with Gasteiger partial charge in [-0.15, -0.1) is 31.2 Å². The molecule has 4 N–H and O–H groups in total. The third kappa shape index (κ3) is 23.4. The zero-order valence-corrected chi connectivity index (χ0v) is 10.5. The predicted octanol–water partition coefficient (Wildman–Crippen LogP) is 1.68. The number of alkyl halides is 1. The maximum Gasteiger partial charge on any atom is 0.692 e. The molecule has 0 amide bonds. The fourth-order valence-corrected chi connectivity index (χ4v) is 0.745. The Hall–Kier alpha value is -0.450. The van der Waals surface area contributed by atoms with Crippen LogP contribution >= 0.6 is 28.1 Å². The molecule has 1 aromatic rings. The third-order valence-corrected chi connectivity index (χ3v) is 1.31. The molecule has 6 nitrogen and oxygen atoms in total. The Labute approximate surface area is 99.0 Å². The fraction of sp³-hybridized carbons (Fsp3) is 0.143. The molecule has 0 aliphatic carbocycles. The van der Waals surface area contributed by atoms with Gasteiger partial charge in [-0.3, -0.25) is 0 Å². The summed E-state index contributed by atoms with van der Waals surface area (Å²) in [7, 11) is -5.74. The van der Waals surface area contributed by atoms with E-state index in [0.717, 1.165) is 0 Å². The van der Waals surface area contributed by atoms with Crippen molar-refractivity contribution in [2.24, 2.45) is 0 Å². The summed E-state index contributed by atoms with van der Waals surface area (Å²) < 4.78 is 17.4. The molecule has 0 aromatic heterocycles. The van der Waals surface area contributed by atoms with E-state index in [1.807, 2.05) is 30.3 Å². The van der Waals surface area contributed by atoms with E-state index < -0.39 is 16.5 Å². The Morgan fingerprint density at radius 2 is 1.25 bits per heavy atom. The first kappa shape index (κ1) is 17.9. The van der Waals surface area contributed by atoms with Crippen LogP contribution in [0.5, 0.6) is 0 Å². The molecule has 0 spiro atoms. The van der Waals surface area contributed by atoms with E-state index in [-0.39, 0.29) is 0 Å². The van der Waals surface area contributed by atoms with Crippen LogP contribution in [0.4, 0.5) is 0 Å². The molecule has 1 aromatic carbocycles.